The molecule has 0 amide bonds. The first-order valence-corrected chi connectivity index (χ1v) is 7.79. The molecule has 1 aromatic carbocycles. The van der Waals surface area contributed by atoms with Gasteiger partial charge in [0, 0.05) is 18.8 Å². The van der Waals surface area contributed by atoms with Crippen molar-refractivity contribution in [2.75, 3.05) is 18.1 Å². The third kappa shape index (κ3) is 5.30. The molecule has 0 bridgehead atoms. The Bertz CT molecular complexity index is 501. The summed E-state index contributed by atoms with van der Waals surface area (Å²) < 4.78 is 22.9. The molecule has 0 aliphatic rings. The van der Waals surface area contributed by atoms with Crippen LogP contribution in [0.2, 0.25) is 0 Å². The van der Waals surface area contributed by atoms with Crippen LogP contribution in [-0.2, 0) is 16.4 Å². The SMILES string of the molecule is CCCS(=O)(=O)CCNCc1ccc(C#N)cc1. The summed E-state index contributed by atoms with van der Waals surface area (Å²) in [7, 11) is -2.90. The summed E-state index contributed by atoms with van der Waals surface area (Å²) in [4.78, 5) is 0. The van der Waals surface area contributed by atoms with Crippen molar-refractivity contribution >= 4 is 9.84 Å². The van der Waals surface area contributed by atoms with Gasteiger partial charge in [0.05, 0.1) is 17.4 Å². The first-order chi connectivity index (χ1) is 8.57. The summed E-state index contributed by atoms with van der Waals surface area (Å²) in [6.45, 7) is 2.94. The lowest BCUT2D eigenvalue weighted by Crippen LogP contribution is -2.24. The van der Waals surface area contributed by atoms with E-state index in [1.807, 2.05) is 19.1 Å². The van der Waals surface area contributed by atoms with E-state index in [9.17, 15) is 8.42 Å². The fourth-order valence-electron chi connectivity index (χ4n) is 1.57. The normalized spacial score (nSPS) is 11.1. The van der Waals surface area contributed by atoms with Crippen molar-refractivity contribution in [1.82, 2.24) is 5.32 Å². The largest absolute Gasteiger partial charge is 0.312 e. The van der Waals surface area contributed by atoms with Crippen LogP contribution in [-0.4, -0.2) is 26.5 Å². The van der Waals surface area contributed by atoms with Crippen molar-refractivity contribution in [2.24, 2.45) is 0 Å². The van der Waals surface area contributed by atoms with Gasteiger partial charge in [-0.25, -0.2) is 8.42 Å². The Morgan fingerprint density at radius 1 is 1.22 bits per heavy atom. The molecule has 0 aromatic heterocycles. The van der Waals surface area contributed by atoms with Gasteiger partial charge in [-0.2, -0.15) is 5.26 Å². The van der Waals surface area contributed by atoms with Crippen LogP contribution in [0.25, 0.3) is 0 Å². The van der Waals surface area contributed by atoms with Gasteiger partial charge in [-0.3, -0.25) is 0 Å². The standard InChI is InChI=1S/C13H18N2O2S/c1-2-8-18(16,17)9-7-15-11-13-5-3-12(10-14)4-6-13/h3-6,15H,2,7-9,11H2,1H3. The Labute approximate surface area is 109 Å². The number of benzene rings is 1. The van der Waals surface area contributed by atoms with E-state index in [0.29, 0.717) is 25.1 Å². The van der Waals surface area contributed by atoms with Gasteiger partial charge in [0.2, 0.25) is 0 Å². The smallest absolute Gasteiger partial charge is 0.151 e. The molecule has 1 aromatic rings. The molecule has 0 aliphatic heterocycles. The highest BCUT2D eigenvalue weighted by atomic mass is 32.2. The van der Waals surface area contributed by atoms with Crippen LogP contribution >= 0.6 is 0 Å². The van der Waals surface area contributed by atoms with Crippen LogP contribution in [0.5, 0.6) is 0 Å². The van der Waals surface area contributed by atoms with Crippen LogP contribution < -0.4 is 5.32 Å². The molecule has 0 spiro atoms. The van der Waals surface area contributed by atoms with Gasteiger partial charge in [-0.1, -0.05) is 19.1 Å². The summed E-state index contributed by atoms with van der Waals surface area (Å²) in [5, 5.41) is 11.7. The fraction of sp³-hybridized carbons (Fsp3) is 0.462. The highest BCUT2D eigenvalue weighted by Gasteiger charge is 2.07. The molecule has 0 atom stereocenters. The molecule has 0 saturated carbocycles. The second-order valence-electron chi connectivity index (χ2n) is 4.14. The number of nitrogens with one attached hydrogen (secondary N) is 1. The molecule has 18 heavy (non-hydrogen) atoms. The number of nitriles is 1. The van der Waals surface area contributed by atoms with Crippen LogP contribution in [0.4, 0.5) is 0 Å². The maximum atomic E-state index is 11.4. The Morgan fingerprint density at radius 3 is 2.44 bits per heavy atom. The first kappa shape index (κ1) is 14.7. The highest BCUT2D eigenvalue weighted by molar-refractivity contribution is 7.91. The van der Waals surface area contributed by atoms with Crippen molar-refractivity contribution in [3.05, 3.63) is 35.4 Å². The summed E-state index contributed by atoms with van der Waals surface area (Å²) in [5.41, 5.74) is 1.67. The minimum absolute atomic E-state index is 0.178. The number of sulfone groups is 1. The third-order valence-corrected chi connectivity index (χ3v) is 4.37. The molecular formula is C13H18N2O2S. The molecule has 5 heteroatoms. The van der Waals surface area contributed by atoms with Crippen LogP contribution in [0.3, 0.4) is 0 Å². The number of hydrogen-bond donors (Lipinski definition) is 1. The lowest BCUT2D eigenvalue weighted by Gasteiger charge is -2.05. The molecule has 0 saturated heterocycles. The van der Waals surface area contributed by atoms with Gasteiger partial charge < -0.3 is 5.32 Å². The van der Waals surface area contributed by atoms with E-state index in [1.165, 1.54) is 0 Å². The average molecular weight is 266 g/mol. The van der Waals surface area contributed by atoms with E-state index in [-0.39, 0.29) is 11.5 Å². The minimum atomic E-state index is -2.90. The maximum Gasteiger partial charge on any atom is 0.151 e. The van der Waals surface area contributed by atoms with Gasteiger partial charge in [0.25, 0.3) is 0 Å². The molecule has 0 fully saturated rings. The van der Waals surface area contributed by atoms with Gasteiger partial charge in [-0.05, 0) is 24.1 Å². The molecule has 4 nitrogen and oxygen atoms in total. The molecule has 1 rings (SSSR count). The van der Waals surface area contributed by atoms with Crippen LogP contribution in [0, 0.1) is 11.3 Å². The van der Waals surface area contributed by atoms with Crippen molar-refractivity contribution < 1.29 is 8.42 Å². The number of hydrogen-bond acceptors (Lipinski definition) is 4. The zero-order valence-electron chi connectivity index (χ0n) is 10.5. The molecule has 0 heterocycles. The zero-order chi connectivity index (χ0) is 13.4. The summed E-state index contributed by atoms with van der Waals surface area (Å²) in [5.74, 6) is 0.433. The predicted octanol–water partition coefficient (Wildman–Crippen LogP) is 1.47. The highest BCUT2D eigenvalue weighted by Crippen LogP contribution is 2.02. The van der Waals surface area contributed by atoms with E-state index < -0.39 is 9.84 Å². The topological polar surface area (TPSA) is 70.0 Å². The predicted molar refractivity (Wildman–Crippen MR) is 71.8 cm³/mol. The van der Waals surface area contributed by atoms with E-state index in [1.54, 1.807) is 12.1 Å². The second kappa shape index (κ2) is 7.14. The fourth-order valence-corrected chi connectivity index (χ4v) is 2.85. The van der Waals surface area contributed by atoms with Gasteiger partial charge in [0.1, 0.15) is 0 Å². The van der Waals surface area contributed by atoms with E-state index in [2.05, 4.69) is 11.4 Å². The van der Waals surface area contributed by atoms with Gasteiger partial charge in [-0.15, -0.1) is 0 Å². The summed E-state index contributed by atoms with van der Waals surface area (Å²) >= 11 is 0. The maximum absolute atomic E-state index is 11.4. The van der Waals surface area contributed by atoms with Crippen LogP contribution in [0.15, 0.2) is 24.3 Å². The Balaban J connectivity index is 2.32. The molecule has 0 unspecified atom stereocenters. The molecule has 98 valence electrons. The van der Waals surface area contributed by atoms with Crippen LogP contribution in [0.1, 0.15) is 24.5 Å². The minimum Gasteiger partial charge on any atom is -0.312 e. The lowest BCUT2D eigenvalue weighted by molar-refractivity contribution is 0.589. The first-order valence-electron chi connectivity index (χ1n) is 5.97. The van der Waals surface area contributed by atoms with E-state index in [4.69, 9.17) is 5.26 Å². The molecular weight excluding hydrogens is 248 g/mol. The lowest BCUT2D eigenvalue weighted by atomic mass is 10.1. The molecule has 0 aliphatic carbocycles. The van der Waals surface area contributed by atoms with Crippen molar-refractivity contribution in [3.8, 4) is 6.07 Å². The average Bonchev–Trinajstić information content (AvgIpc) is 2.35. The second-order valence-corrected chi connectivity index (χ2v) is 6.44. The van der Waals surface area contributed by atoms with E-state index in [0.717, 1.165) is 5.56 Å². The quantitative estimate of drug-likeness (QED) is 0.759. The Kier molecular flexibility index (Phi) is 5.83. The number of nitrogens with zero attached hydrogens (tertiary/aromatic N) is 1. The number of rotatable bonds is 7. The summed E-state index contributed by atoms with van der Waals surface area (Å²) in [6.07, 6.45) is 0.665. The van der Waals surface area contributed by atoms with Crippen molar-refractivity contribution in [2.45, 2.75) is 19.9 Å². The van der Waals surface area contributed by atoms with Gasteiger partial charge >= 0.3 is 0 Å². The van der Waals surface area contributed by atoms with E-state index >= 15 is 0 Å². The Hall–Kier alpha value is -1.38. The van der Waals surface area contributed by atoms with Crippen molar-refractivity contribution in [3.63, 3.8) is 0 Å². The van der Waals surface area contributed by atoms with Gasteiger partial charge in [0.15, 0.2) is 9.84 Å². The molecule has 0 radical (unpaired) electrons. The molecule has 1 N–H and O–H groups in total. The monoisotopic (exact) mass is 266 g/mol. The summed E-state index contributed by atoms with van der Waals surface area (Å²) in [6, 6.07) is 9.30. The third-order valence-electron chi connectivity index (χ3n) is 2.52. The Morgan fingerprint density at radius 2 is 1.89 bits per heavy atom. The zero-order valence-corrected chi connectivity index (χ0v) is 11.3. The van der Waals surface area contributed by atoms with Crippen molar-refractivity contribution in [1.29, 1.82) is 5.26 Å².